The normalized spacial score (nSPS) is 16.6. The molecule has 5 nitrogen and oxygen atoms in total. The van der Waals surface area contributed by atoms with Crippen molar-refractivity contribution in [1.29, 1.82) is 0 Å². The maximum atomic E-state index is 5.20. The van der Waals surface area contributed by atoms with E-state index in [4.69, 9.17) is 4.74 Å². The van der Waals surface area contributed by atoms with Crippen LogP contribution in [0.2, 0.25) is 0 Å². The van der Waals surface area contributed by atoms with Crippen LogP contribution < -0.4 is 15.4 Å². The second-order valence-electron chi connectivity index (χ2n) is 5.77. The summed E-state index contributed by atoms with van der Waals surface area (Å²) in [6, 6.07) is 8.39. The highest BCUT2D eigenvalue weighted by atomic mass is 127. The zero-order chi connectivity index (χ0) is 15.8. The number of halogens is 1. The molecule has 0 bridgehead atoms. The molecule has 23 heavy (non-hydrogen) atoms. The Morgan fingerprint density at radius 2 is 1.91 bits per heavy atom. The van der Waals surface area contributed by atoms with Crippen LogP contribution in [0.4, 0.5) is 0 Å². The van der Waals surface area contributed by atoms with Gasteiger partial charge in [-0.15, -0.1) is 24.0 Å². The van der Waals surface area contributed by atoms with Crippen LogP contribution in [0.25, 0.3) is 0 Å². The Hall–Kier alpha value is -1.02. The summed E-state index contributed by atoms with van der Waals surface area (Å²) < 4.78 is 5.20. The fourth-order valence-corrected chi connectivity index (χ4v) is 2.86. The van der Waals surface area contributed by atoms with Crippen molar-refractivity contribution < 1.29 is 4.74 Å². The van der Waals surface area contributed by atoms with E-state index in [2.05, 4.69) is 32.7 Å². The van der Waals surface area contributed by atoms with Gasteiger partial charge in [0.2, 0.25) is 0 Å². The largest absolute Gasteiger partial charge is 0.497 e. The van der Waals surface area contributed by atoms with Gasteiger partial charge in [-0.1, -0.05) is 12.1 Å². The molecule has 0 aliphatic carbocycles. The first kappa shape index (κ1) is 20.0. The van der Waals surface area contributed by atoms with Crippen molar-refractivity contribution in [3.05, 3.63) is 29.8 Å². The van der Waals surface area contributed by atoms with Crippen LogP contribution in [0, 0.1) is 5.92 Å². The molecule has 0 amide bonds. The number of guanidine groups is 1. The summed E-state index contributed by atoms with van der Waals surface area (Å²) >= 11 is 0. The third-order valence-electron chi connectivity index (χ3n) is 4.29. The number of nitrogens with one attached hydrogen (secondary N) is 2. The standard InChI is InChI=1S/C17H28N4O.HI/c1-18-17(19-2)20-12-14-8-10-21(11-9-14)13-15-4-6-16(22-3)7-5-15;/h4-7,14H,8-13H2,1-3H3,(H2,18,19,20);1H. The smallest absolute Gasteiger partial charge is 0.190 e. The Balaban J connectivity index is 0.00000264. The number of rotatable bonds is 5. The fourth-order valence-electron chi connectivity index (χ4n) is 2.86. The molecule has 6 heteroatoms. The predicted octanol–water partition coefficient (Wildman–Crippen LogP) is 2.32. The summed E-state index contributed by atoms with van der Waals surface area (Å²) in [5.74, 6) is 2.53. The van der Waals surface area contributed by atoms with Gasteiger partial charge in [0.15, 0.2) is 5.96 Å². The Bertz CT molecular complexity index is 470. The first-order chi connectivity index (χ1) is 10.7. The lowest BCUT2D eigenvalue weighted by atomic mass is 9.96. The van der Waals surface area contributed by atoms with Crippen LogP contribution in [-0.4, -0.2) is 51.7 Å². The molecule has 130 valence electrons. The molecule has 1 fully saturated rings. The summed E-state index contributed by atoms with van der Waals surface area (Å²) in [6.45, 7) is 4.36. The van der Waals surface area contributed by atoms with Gasteiger partial charge >= 0.3 is 0 Å². The van der Waals surface area contributed by atoms with Gasteiger partial charge in [0, 0.05) is 27.2 Å². The Kier molecular flexibility index (Phi) is 9.31. The zero-order valence-corrected chi connectivity index (χ0v) is 16.7. The molecule has 1 aliphatic heterocycles. The molecule has 2 rings (SSSR count). The predicted molar refractivity (Wildman–Crippen MR) is 107 cm³/mol. The number of methoxy groups -OCH3 is 1. The number of benzene rings is 1. The van der Waals surface area contributed by atoms with Gasteiger partial charge in [-0.05, 0) is 49.5 Å². The molecule has 1 saturated heterocycles. The second-order valence-corrected chi connectivity index (χ2v) is 5.77. The zero-order valence-electron chi connectivity index (χ0n) is 14.3. The van der Waals surface area contributed by atoms with Crippen LogP contribution in [-0.2, 0) is 6.54 Å². The van der Waals surface area contributed by atoms with Crippen LogP contribution in [0.15, 0.2) is 29.3 Å². The Morgan fingerprint density at radius 3 is 2.43 bits per heavy atom. The molecule has 1 heterocycles. The van der Waals surface area contributed by atoms with E-state index < -0.39 is 0 Å². The number of ether oxygens (including phenoxy) is 1. The van der Waals surface area contributed by atoms with E-state index in [1.807, 2.05) is 19.2 Å². The third-order valence-corrected chi connectivity index (χ3v) is 4.29. The number of piperidine rings is 1. The quantitative estimate of drug-likeness (QED) is 0.426. The molecule has 2 N–H and O–H groups in total. The summed E-state index contributed by atoms with van der Waals surface area (Å²) in [4.78, 5) is 6.68. The molecule has 1 aliphatic rings. The van der Waals surface area contributed by atoms with E-state index >= 15 is 0 Å². The van der Waals surface area contributed by atoms with Crippen LogP contribution in [0.1, 0.15) is 18.4 Å². The summed E-state index contributed by atoms with van der Waals surface area (Å²) in [5, 5.41) is 6.43. The average molecular weight is 432 g/mol. The van der Waals surface area contributed by atoms with E-state index in [9.17, 15) is 0 Å². The maximum absolute atomic E-state index is 5.20. The number of likely N-dealkylation sites (tertiary alicyclic amines) is 1. The van der Waals surface area contributed by atoms with Gasteiger partial charge in [0.05, 0.1) is 7.11 Å². The number of nitrogens with zero attached hydrogens (tertiary/aromatic N) is 2. The van der Waals surface area contributed by atoms with Crippen molar-refractivity contribution in [2.75, 3.05) is 40.8 Å². The molecular formula is C17H29IN4O. The van der Waals surface area contributed by atoms with Crippen molar-refractivity contribution in [3.8, 4) is 5.75 Å². The van der Waals surface area contributed by atoms with Gasteiger partial charge in [-0.3, -0.25) is 9.89 Å². The van der Waals surface area contributed by atoms with Gasteiger partial charge in [-0.25, -0.2) is 0 Å². The number of aliphatic imine (C=N–C) groups is 1. The van der Waals surface area contributed by atoms with Gasteiger partial charge < -0.3 is 15.4 Å². The SMILES string of the molecule is CN=C(NC)NCC1CCN(Cc2ccc(OC)cc2)CC1.I. The summed E-state index contributed by atoms with van der Waals surface area (Å²) in [5.41, 5.74) is 1.35. The highest BCUT2D eigenvalue weighted by molar-refractivity contribution is 14.0. The lowest BCUT2D eigenvalue weighted by molar-refractivity contribution is 0.178. The van der Waals surface area contributed by atoms with E-state index in [-0.39, 0.29) is 24.0 Å². The lowest BCUT2D eigenvalue weighted by Crippen LogP contribution is -2.41. The molecule has 1 aromatic rings. The van der Waals surface area contributed by atoms with E-state index in [1.54, 1.807) is 14.2 Å². The second kappa shape index (κ2) is 10.7. The summed E-state index contributed by atoms with van der Waals surface area (Å²) in [7, 11) is 5.40. The molecule has 0 aromatic heterocycles. The topological polar surface area (TPSA) is 48.9 Å². The highest BCUT2D eigenvalue weighted by Crippen LogP contribution is 2.19. The maximum Gasteiger partial charge on any atom is 0.190 e. The summed E-state index contributed by atoms with van der Waals surface area (Å²) in [6.07, 6.45) is 2.48. The molecule has 0 saturated carbocycles. The number of hydrogen-bond donors (Lipinski definition) is 2. The molecular weight excluding hydrogens is 403 g/mol. The lowest BCUT2D eigenvalue weighted by Gasteiger charge is -2.32. The Labute approximate surface area is 156 Å². The minimum Gasteiger partial charge on any atom is -0.497 e. The molecule has 0 radical (unpaired) electrons. The fraction of sp³-hybridized carbons (Fsp3) is 0.588. The monoisotopic (exact) mass is 432 g/mol. The van der Waals surface area contributed by atoms with Crippen LogP contribution in [0.3, 0.4) is 0 Å². The van der Waals surface area contributed by atoms with E-state index in [0.29, 0.717) is 0 Å². The van der Waals surface area contributed by atoms with Gasteiger partial charge in [0.1, 0.15) is 5.75 Å². The van der Waals surface area contributed by atoms with E-state index in [0.717, 1.165) is 43.8 Å². The number of hydrogen-bond acceptors (Lipinski definition) is 3. The van der Waals surface area contributed by atoms with Crippen molar-refractivity contribution >= 4 is 29.9 Å². The van der Waals surface area contributed by atoms with Crippen LogP contribution >= 0.6 is 24.0 Å². The molecule has 0 unspecified atom stereocenters. The van der Waals surface area contributed by atoms with Crippen molar-refractivity contribution in [2.24, 2.45) is 10.9 Å². The molecule has 0 atom stereocenters. The van der Waals surface area contributed by atoms with Crippen molar-refractivity contribution in [2.45, 2.75) is 19.4 Å². The molecule has 1 aromatic carbocycles. The first-order valence-electron chi connectivity index (χ1n) is 7.99. The average Bonchev–Trinajstić information content (AvgIpc) is 2.58. The highest BCUT2D eigenvalue weighted by Gasteiger charge is 2.19. The van der Waals surface area contributed by atoms with Gasteiger partial charge in [0.25, 0.3) is 0 Å². The van der Waals surface area contributed by atoms with E-state index in [1.165, 1.54) is 18.4 Å². The minimum atomic E-state index is 0. The third kappa shape index (κ3) is 6.55. The first-order valence-corrected chi connectivity index (χ1v) is 7.99. The van der Waals surface area contributed by atoms with Crippen molar-refractivity contribution in [1.82, 2.24) is 15.5 Å². The van der Waals surface area contributed by atoms with Crippen molar-refractivity contribution in [3.63, 3.8) is 0 Å². The van der Waals surface area contributed by atoms with Crippen LogP contribution in [0.5, 0.6) is 5.75 Å². The minimum absolute atomic E-state index is 0. The molecule has 0 spiro atoms. The van der Waals surface area contributed by atoms with Gasteiger partial charge in [-0.2, -0.15) is 0 Å². The Morgan fingerprint density at radius 1 is 1.26 bits per heavy atom.